The molecule has 4 atom stereocenters. The number of hydrogen-bond acceptors (Lipinski definition) is 3. The molecule has 0 spiro atoms. The average molecular weight is 254 g/mol. The molecule has 1 aliphatic heterocycles. The lowest BCUT2D eigenvalue weighted by molar-refractivity contribution is 0.159. The van der Waals surface area contributed by atoms with Gasteiger partial charge in [0.15, 0.2) is 0 Å². The molecule has 1 aliphatic carbocycles. The minimum atomic E-state index is -0.870. The molecular weight excluding hydrogens is 231 g/mol. The first kappa shape index (κ1) is 13.7. The summed E-state index contributed by atoms with van der Waals surface area (Å²) < 4.78 is 18.8. The Morgan fingerprint density at radius 1 is 1.50 bits per heavy atom. The molecule has 1 saturated heterocycles. The molecule has 0 bridgehead atoms. The Morgan fingerprint density at radius 2 is 2.28 bits per heavy atom. The summed E-state index contributed by atoms with van der Waals surface area (Å²) in [6.45, 7) is 5.28. The third-order valence-corrected chi connectivity index (χ3v) is 3.93. The maximum Gasteiger partial charge on any atom is 0.125 e. The van der Waals surface area contributed by atoms with Crippen molar-refractivity contribution in [3.05, 3.63) is 23.8 Å². The summed E-state index contributed by atoms with van der Waals surface area (Å²) in [5.41, 5.74) is 7.24. The van der Waals surface area contributed by atoms with E-state index in [-0.39, 0.29) is 17.9 Å². The van der Waals surface area contributed by atoms with Crippen molar-refractivity contribution in [2.24, 2.45) is 17.6 Å². The second-order valence-corrected chi connectivity index (χ2v) is 5.35. The van der Waals surface area contributed by atoms with Crippen LogP contribution in [0.4, 0.5) is 4.39 Å². The number of allylic oxidation sites excluding steroid dienone is 3. The lowest BCUT2D eigenvalue weighted by Crippen LogP contribution is -2.31. The number of hydrogen-bond donors (Lipinski definition) is 1. The van der Waals surface area contributed by atoms with E-state index in [1.54, 1.807) is 13.2 Å². The zero-order chi connectivity index (χ0) is 13.1. The molecule has 18 heavy (non-hydrogen) atoms. The van der Waals surface area contributed by atoms with Gasteiger partial charge < -0.3 is 10.5 Å². The first-order chi connectivity index (χ1) is 8.61. The maximum absolute atomic E-state index is 13.7. The van der Waals surface area contributed by atoms with Gasteiger partial charge in [0.25, 0.3) is 0 Å². The summed E-state index contributed by atoms with van der Waals surface area (Å²) in [6, 6.07) is 0.0957. The van der Waals surface area contributed by atoms with Crippen molar-refractivity contribution in [1.82, 2.24) is 4.90 Å². The van der Waals surface area contributed by atoms with E-state index < -0.39 is 6.17 Å². The lowest BCUT2D eigenvalue weighted by Gasteiger charge is -2.22. The lowest BCUT2D eigenvalue weighted by atomic mass is 9.87. The van der Waals surface area contributed by atoms with Gasteiger partial charge in [-0.3, -0.25) is 4.90 Å². The van der Waals surface area contributed by atoms with Gasteiger partial charge in [-0.1, -0.05) is 19.1 Å². The predicted octanol–water partition coefficient (Wildman–Crippen LogP) is 1.36. The average Bonchev–Trinajstić information content (AvgIpc) is 2.71. The molecule has 3 nitrogen and oxygen atoms in total. The van der Waals surface area contributed by atoms with Crippen molar-refractivity contribution in [2.75, 3.05) is 33.4 Å². The first-order valence-electron chi connectivity index (χ1n) is 6.62. The monoisotopic (exact) mass is 254 g/mol. The van der Waals surface area contributed by atoms with Gasteiger partial charge in [-0.15, -0.1) is 0 Å². The Bertz CT molecular complexity index is 343. The normalized spacial score (nSPS) is 37.0. The van der Waals surface area contributed by atoms with Crippen LogP contribution in [0.25, 0.3) is 0 Å². The molecule has 2 aliphatic rings. The Balaban J connectivity index is 1.98. The van der Waals surface area contributed by atoms with E-state index >= 15 is 0 Å². The van der Waals surface area contributed by atoms with Crippen molar-refractivity contribution in [2.45, 2.75) is 19.1 Å². The minimum absolute atomic E-state index is 0.0176. The molecule has 0 aromatic carbocycles. The number of halogens is 1. The van der Waals surface area contributed by atoms with E-state index in [1.807, 2.05) is 19.1 Å². The predicted molar refractivity (Wildman–Crippen MR) is 71.1 cm³/mol. The number of likely N-dealkylation sites (tertiary alicyclic amines) is 1. The fourth-order valence-corrected chi connectivity index (χ4v) is 2.68. The number of ether oxygens (including phenoxy) is 1. The van der Waals surface area contributed by atoms with Gasteiger partial charge in [-0.25, -0.2) is 4.39 Å². The van der Waals surface area contributed by atoms with Crippen LogP contribution in [0.15, 0.2) is 23.8 Å². The van der Waals surface area contributed by atoms with Gasteiger partial charge in [-0.2, -0.15) is 0 Å². The molecule has 4 heteroatoms. The molecule has 2 rings (SSSR count). The first-order valence-corrected chi connectivity index (χ1v) is 6.62. The van der Waals surface area contributed by atoms with Crippen molar-refractivity contribution in [3.63, 3.8) is 0 Å². The Kier molecular flexibility index (Phi) is 4.54. The summed E-state index contributed by atoms with van der Waals surface area (Å²) in [7, 11) is 1.70. The fourth-order valence-electron chi connectivity index (χ4n) is 2.68. The van der Waals surface area contributed by atoms with Crippen LogP contribution in [0.1, 0.15) is 6.92 Å². The van der Waals surface area contributed by atoms with Crippen molar-refractivity contribution < 1.29 is 9.13 Å². The number of methoxy groups -OCH3 is 1. The summed E-state index contributed by atoms with van der Waals surface area (Å²) in [6.07, 6.45) is 4.87. The maximum atomic E-state index is 13.7. The van der Waals surface area contributed by atoms with Gasteiger partial charge in [-0.05, 0) is 11.6 Å². The standard InChI is InChI=1S/C14H23FN2O/c1-10-3-4-11(7-13(10)15)12-8-17(5-6-18-2)9-14(12)16/h3-4,7,10,12-14H,5-6,8-9,16H2,1-2H3/t10?,12-,13?,14+/m0/s1. The molecule has 1 heterocycles. The molecule has 2 unspecified atom stereocenters. The van der Waals surface area contributed by atoms with E-state index in [0.717, 1.165) is 31.8 Å². The van der Waals surface area contributed by atoms with Crippen LogP contribution >= 0.6 is 0 Å². The Labute approximate surface area is 108 Å². The number of alkyl halides is 1. The van der Waals surface area contributed by atoms with Gasteiger partial charge >= 0.3 is 0 Å². The SMILES string of the molecule is COCCN1C[C@@H](N)[C@H](C2=CC(F)C(C)C=C2)C1. The number of nitrogens with two attached hydrogens (primary N) is 1. The van der Waals surface area contributed by atoms with E-state index in [2.05, 4.69) is 4.90 Å². The largest absolute Gasteiger partial charge is 0.383 e. The van der Waals surface area contributed by atoms with Crippen molar-refractivity contribution in [3.8, 4) is 0 Å². The third kappa shape index (κ3) is 2.99. The zero-order valence-electron chi connectivity index (χ0n) is 11.2. The molecule has 0 saturated carbocycles. The molecule has 0 radical (unpaired) electrons. The second kappa shape index (κ2) is 5.95. The highest BCUT2D eigenvalue weighted by molar-refractivity contribution is 5.31. The van der Waals surface area contributed by atoms with Gasteiger partial charge in [0.05, 0.1) is 6.61 Å². The van der Waals surface area contributed by atoms with Gasteiger partial charge in [0.1, 0.15) is 6.17 Å². The highest BCUT2D eigenvalue weighted by Gasteiger charge is 2.33. The van der Waals surface area contributed by atoms with E-state index in [0.29, 0.717) is 0 Å². The molecule has 2 N–H and O–H groups in total. The zero-order valence-corrected chi connectivity index (χ0v) is 11.2. The molecular formula is C14H23FN2O. The molecule has 0 aromatic heterocycles. The summed E-state index contributed by atoms with van der Waals surface area (Å²) >= 11 is 0. The van der Waals surface area contributed by atoms with Crippen LogP contribution in [0.3, 0.4) is 0 Å². The molecule has 0 aromatic rings. The van der Waals surface area contributed by atoms with Gasteiger partial charge in [0.2, 0.25) is 0 Å². The summed E-state index contributed by atoms with van der Waals surface area (Å²) in [5.74, 6) is 0.236. The third-order valence-electron chi connectivity index (χ3n) is 3.93. The van der Waals surface area contributed by atoms with Crippen LogP contribution in [-0.4, -0.2) is 50.5 Å². The van der Waals surface area contributed by atoms with Crippen LogP contribution in [0.5, 0.6) is 0 Å². The van der Waals surface area contributed by atoms with E-state index in [9.17, 15) is 4.39 Å². The topological polar surface area (TPSA) is 38.5 Å². The molecule has 0 amide bonds. The Morgan fingerprint density at radius 3 is 2.94 bits per heavy atom. The van der Waals surface area contributed by atoms with Gasteiger partial charge in [0, 0.05) is 44.6 Å². The molecule has 102 valence electrons. The number of nitrogens with zero attached hydrogens (tertiary/aromatic N) is 1. The highest BCUT2D eigenvalue weighted by atomic mass is 19.1. The minimum Gasteiger partial charge on any atom is -0.383 e. The fraction of sp³-hybridized carbons (Fsp3) is 0.714. The summed E-state index contributed by atoms with van der Waals surface area (Å²) in [4.78, 5) is 2.29. The van der Waals surface area contributed by atoms with E-state index in [1.165, 1.54) is 0 Å². The Hall–Kier alpha value is -0.710. The van der Waals surface area contributed by atoms with Crippen LogP contribution in [0, 0.1) is 11.8 Å². The number of rotatable bonds is 4. The highest BCUT2D eigenvalue weighted by Crippen LogP contribution is 2.29. The van der Waals surface area contributed by atoms with Crippen molar-refractivity contribution >= 4 is 0 Å². The van der Waals surface area contributed by atoms with Crippen LogP contribution < -0.4 is 5.73 Å². The molecule has 1 fully saturated rings. The van der Waals surface area contributed by atoms with Crippen molar-refractivity contribution in [1.29, 1.82) is 0 Å². The van der Waals surface area contributed by atoms with Crippen LogP contribution in [-0.2, 0) is 4.74 Å². The smallest absolute Gasteiger partial charge is 0.125 e. The van der Waals surface area contributed by atoms with E-state index in [4.69, 9.17) is 10.5 Å². The quantitative estimate of drug-likeness (QED) is 0.823. The summed E-state index contributed by atoms with van der Waals surface area (Å²) in [5, 5.41) is 0. The van der Waals surface area contributed by atoms with Crippen LogP contribution in [0.2, 0.25) is 0 Å². The second-order valence-electron chi connectivity index (χ2n) is 5.35.